The lowest BCUT2D eigenvalue weighted by Crippen LogP contribution is -2.03. The van der Waals surface area contributed by atoms with Crippen LogP contribution in [0.2, 0.25) is 0 Å². The van der Waals surface area contributed by atoms with Gasteiger partial charge in [0.05, 0.1) is 12.0 Å². The third kappa shape index (κ3) is 4.23. The number of methoxy groups -OCH3 is 1. The van der Waals surface area contributed by atoms with Crippen molar-refractivity contribution in [1.29, 1.82) is 0 Å². The molecule has 2 heterocycles. The molecule has 3 N–H and O–H groups in total. The Kier molecular flexibility index (Phi) is 5.15. The average Bonchev–Trinajstić information content (AvgIpc) is 3.13. The zero-order valence-electron chi connectivity index (χ0n) is 16.3. The fraction of sp³-hybridized carbons (Fsp3) is 0.105. The van der Waals surface area contributed by atoms with Crippen molar-refractivity contribution in [3.8, 4) is 5.75 Å². The topological polar surface area (TPSA) is 122 Å². The lowest BCUT2D eigenvalue weighted by atomic mass is 10.2. The van der Waals surface area contributed by atoms with Crippen molar-refractivity contribution in [2.45, 2.75) is 4.90 Å². The number of fused-ring (bicyclic) bond motifs is 1. The average molecular weight is 446 g/mol. The lowest BCUT2D eigenvalue weighted by molar-refractivity contribution is 0.413. The van der Waals surface area contributed by atoms with Crippen LogP contribution in [0, 0.1) is 11.6 Å². The van der Waals surface area contributed by atoms with Gasteiger partial charge in [-0.3, -0.25) is 5.10 Å². The van der Waals surface area contributed by atoms with E-state index in [-0.39, 0.29) is 22.2 Å². The molecule has 0 atom stereocenters. The molecule has 0 aliphatic carbocycles. The minimum Gasteiger partial charge on any atom is -0.497 e. The molecule has 4 aromatic rings. The Bertz CT molecular complexity index is 1390. The molecule has 0 radical (unpaired) electrons. The van der Waals surface area contributed by atoms with Gasteiger partial charge in [-0.1, -0.05) is 0 Å². The summed E-state index contributed by atoms with van der Waals surface area (Å²) in [5, 5.41) is 12.6. The van der Waals surface area contributed by atoms with Gasteiger partial charge in [-0.25, -0.2) is 22.2 Å². The zero-order valence-corrected chi connectivity index (χ0v) is 17.1. The molecule has 0 amide bonds. The molecule has 0 bridgehead atoms. The molecule has 0 aliphatic heterocycles. The van der Waals surface area contributed by atoms with E-state index in [0.717, 1.165) is 12.3 Å². The molecule has 2 aromatic heterocycles. The van der Waals surface area contributed by atoms with E-state index in [2.05, 4.69) is 30.8 Å². The molecule has 0 spiro atoms. The monoisotopic (exact) mass is 446 g/mol. The van der Waals surface area contributed by atoms with Crippen LogP contribution in [0.3, 0.4) is 0 Å². The summed E-state index contributed by atoms with van der Waals surface area (Å²) in [6, 6.07) is 8.38. The number of nitrogens with zero attached hydrogens (tertiary/aromatic N) is 3. The van der Waals surface area contributed by atoms with Crippen LogP contribution < -0.4 is 15.4 Å². The van der Waals surface area contributed by atoms with Crippen LogP contribution in [0.15, 0.2) is 47.5 Å². The number of H-pyrrole nitrogens is 1. The van der Waals surface area contributed by atoms with Crippen molar-refractivity contribution < 1.29 is 21.9 Å². The van der Waals surface area contributed by atoms with E-state index in [1.807, 2.05) is 0 Å². The molecule has 160 valence electrons. The van der Waals surface area contributed by atoms with Crippen molar-refractivity contribution in [3.63, 3.8) is 0 Å². The van der Waals surface area contributed by atoms with Crippen molar-refractivity contribution in [2.24, 2.45) is 0 Å². The highest BCUT2D eigenvalue weighted by molar-refractivity contribution is 7.90. The van der Waals surface area contributed by atoms with Crippen LogP contribution in [0.1, 0.15) is 0 Å². The van der Waals surface area contributed by atoms with E-state index in [0.29, 0.717) is 22.6 Å². The number of aromatic amines is 1. The molecule has 31 heavy (non-hydrogen) atoms. The van der Waals surface area contributed by atoms with Crippen LogP contribution >= 0.6 is 0 Å². The SMILES string of the molecule is COc1cc(Nc2nccc(Nc3n[nH]c4c(F)c(F)ccc34)n2)cc(S(C)(=O)=O)c1. The molecule has 4 rings (SSSR count). The van der Waals surface area contributed by atoms with Crippen LogP contribution in [-0.4, -0.2) is 41.9 Å². The molecular formula is C19H16F2N6O3S. The maximum absolute atomic E-state index is 13.9. The summed E-state index contributed by atoms with van der Waals surface area (Å²) in [5.41, 5.74) is 0.333. The summed E-state index contributed by atoms with van der Waals surface area (Å²) < 4.78 is 56.2. The van der Waals surface area contributed by atoms with Gasteiger partial charge in [-0.15, -0.1) is 0 Å². The first kappa shape index (κ1) is 20.5. The Morgan fingerprint density at radius 1 is 1.10 bits per heavy atom. The van der Waals surface area contributed by atoms with Crippen molar-refractivity contribution in [2.75, 3.05) is 24.0 Å². The van der Waals surface area contributed by atoms with Crippen LogP contribution in [0.5, 0.6) is 5.75 Å². The predicted octanol–water partition coefficient (Wildman–Crippen LogP) is 3.53. The number of anilines is 4. The Hall–Kier alpha value is -3.80. The zero-order chi connectivity index (χ0) is 22.2. The number of ether oxygens (including phenoxy) is 1. The highest BCUT2D eigenvalue weighted by atomic mass is 32.2. The molecule has 0 aliphatic rings. The first-order chi connectivity index (χ1) is 14.7. The first-order valence-electron chi connectivity index (χ1n) is 8.83. The van der Waals surface area contributed by atoms with E-state index in [9.17, 15) is 17.2 Å². The van der Waals surface area contributed by atoms with Gasteiger partial charge in [0.25, 0.3) is 0 Å². The summed E-state index contributed by atoms with van der Waals surface area (Å²) in [5.74, 6) is -0.932. The molecular weight excluding hydrogens is 430 g/mol. The quantitative estimate of drug-likeness (QED) is 0.411. The number of benzene rings is 2. The molecule has 0 saturated heterocycles. The number of sulfone groups is 1. The van der Waals surface area contributed by atoms with E-state index in [1.165, 1.54) is 31.5 Å². The number of aromatic nitrogens is 4. The second-order valence-electron chi connectivity index (χ2n) is 6.54. The van der Waals surface area contributed by atoms with E-state index in [1.54, 1.807) is 12.1 Å². The number of nitrogens with one attached hydrogen (secondary N) is 3. The van der Waals surface area contributed by atoms with E-state index >= 15 is 0 Å². The Morgan fingerprint density at radius 3 is 2.65 bits per heavy atom. The van der Waals surface area contributed by atoms with Crippen LogP contribution in [-0.2, 0) is 9.84 Å². The van der Waals surface area contributed by atoms with Crippen molar-refractivity contribution in [1.82, 2.24) is 20.2 Å². The van der Waals surface area contributed by atoms with Gasteiger partial charge >= 0.3 is 0 Å². The van der Waals surface area contributed by atoms with Crippen LogP contribution in [0.4, 0.5) is 32.1 Å². The fourth-order valence-electron chi connectivity index (χ4n) is 2.84. The summed E-state index contributed by atoms with van der Waals surface area (Å²) in [4.78, 5) is 8.47. The second kappa shape index (κ2) is 7.80. The fourth-order valence-corrected chi connectivity index (χ4v) is 3.51. The van der Waals surface area contributed by atoms with E-state index < -0.39 is 21.5 Å². The van der Waals surface area contributed by atoms with Gasteiger partial charge < -0.3 is 15.4 Å². The van der Waals surface area contributed by atoms with Gasteiger partial charge in [-0.2, -0.15) is 10.1 Å². The van der Waals surface area contributed by atoms with Crippen molar-refractivity contribution >= 4 is 44.0 Å². The summed E-state index contributed by atoms with van der Waals surface area (Å²) >= 11 is 0. The molecule has 2 aromatic carbocycles. The summed E-state index contributed by atoms with van der Waals surface area (Å²) in [6.45, 7) is 0. The third-order valence-electron chi connectivity index (χ3n) is 4.33. The largest absolute Gasteiger partial charge is 0.497 e. The first-order valence-corrected chi connectivity index (χ1v) is 10.7. The minimum absolute atomic E-state index is 0.0698. The highest BCUT2D eigenvalue weighted by Gasteiger charge is 2.15. The van der Waals surface area contributed by atoms with Crippen molar-refractivity contribution in [3.05, 3.63) is 54.2 Å². The second-order valence-corrected chi connectivity index (χ2v) is 8.56. The molecule has 0 saturated carbocycles. The smallest absolute Gasteiger partial charge is 0.229 e. The van der Waals surface area contributed by atoms with Gasteiger partial charge in [0.2, 0.25) is 5.95 Å². The molecule has 0 unspecified atom stereocenters. The number of halogens is 2. The third-order valence-corrected chi connectivity index (χ3v) is 5.42. The standard InChI is InChI=1S/C19H16F2N6O3S/c1-30-11-7-10(8-12(9-11)31(2,28)29)23-19-22-6-5-15(25-19)24-18-13-3-4-14(20)16(21)17(13)26-27-18/h3-9H,1-2H3,(H3,22,23,24,25,26,27). The maximum atomic E-state index is 13.9. The Morgan fingerprint density at radius 2 is 1.90 bits per heavy atom. The van der Waals surface area contributed by atoms with Gasteiger partial charge in [0.15, 0.2) is 27.3 Å². The number of rotatable bonds is 6. The normalized spacial score (nSPS) is 11.5. The summed E-state index contributed by atoms with van der Waals surface area (Å²) in [7, 11) is -2.04. The van der Waals surface area contributed by atoms with Gasteiger partial charge in [-0.05, 0) is 30.3 Å². The van der Waals surface area contributed by atoms with Gasteiger partial charge in [0, 0.05) is 29.6 Å². The summed E-state index contributed by atoms with van der Waals surface area (Å²) in [6.07, 6.45) is 2.56. The minimum atomic E-state index is -3.46. The highest BCUT2D eigenvalue weighted by Crippen LogP contribution is 2.28. The maximum Gasteiger partial charge on any atom is 0.229 e. The van der Waals surface area contributed by atoms with E-state index in [4.69, 9.17) is 4.74 Å². The lowest BCUT2D eigenvalue weighted by Gasteiger charge is -2.10. The Labute approximate surface area is 175 Å². The molecule has 12 heteroatoms. The number of hydrogen-bond donors (Lipinski definition) is 3. The Balaban J connectivity index is 1.62. The molecule has 9 nitrogen and oxygen atoms in total. The molecule has 0 fully saturated rings. The van der Waals surface area contributed by atoms with Crippen LogP contribution in [0.25, 0.3) is 10.9 Å². The predicted molar refractivity (Wildman–Crippen MR) is 111 cm³/mol. The number of hydrogen-bond acceptors (Lipinski definition) is 8. The van der Waals surface area contributed by atoms with Gasteiger partial charge in [0.1, 0.15) is 17.1 Å².